The highest BCUT2D eigenvalue weighted by Crippen LogP contribution is 2.38. The molecule has 0 aliphatic carbocycles. The van der Waals surface area contributed by atoms with Crippen LogP contribution in [-0.2, 0) is 17.9 Å². The van der Waals surface area contributed by atoms with Crippen LogP contribution < -0.4 is 0 Å². The van der Waals surface area contributed by atoms with Gasteiger partial charge in [-0.2, -0.15) is 0 Å². The second-order valence-corrected chi connectivity index (χ2v) is 7.62. The number of carbonyl (C=O) groups excluding carboxylic acids is 1. The molecule has 8 heteroatoms. The van der Waals surface area contributed by atoms with Gasteiger partial charge in [0.25, 0.3) is 0 Å². The van der Waals surface area contributed by atoms with Crippen LogP contribution in [0.5, 0.6) is 0 Å². The van der Waals surface area contributed by atoms with E-state index < -0.39 is 0 Å². The van der Waals surface area contributed by atoms with Gasteiger partial charge in [-0.15, -0.1) is 16.9 Å². The zero-order valence-electron chi connectivity index (χ0n) is 13.2. The predicted molar refractivity (Wildman–Crippen MR) is 97.7 cm³/mol. The first kappa shape index (κ1) is 16.4. The van der Waals surface area contributed by atoms with Gasteiger partial charge in [0.1, 0.15) is 16.8 Å². The summed E-state index contributed by atoms with van der Waals surface area (Å²) in [4.78, 5) is 14.0. The first-order valence-corrected chi connectivity index (χ1v) is 9.62. The Balaban J connectivity index is 1.52. The van der Waals surface area contributed by atoms with Gasteiger partial charge in [-0.05, 0) is 23.8 Å². The minimum atomic E-state index is -0.134. The molecular formula is C17H15BrN4O2S. The third kappa shape index (κ3) is 3.50. The highest BCUT2D eigenvalue weighted by molar-refractivity contribution is 9.10. The highest BCUT2D eigenvalue weighted by Gasteiger charge is 2.35. The molecule has 128 valence electrons. The number of aromatic nitrogens is 3. The third-order valence-electron chi connectivity index (χ3n) is 3.97. The minimum Gasteiger partial charge on any atom is -0.467 e. The molecule has 1 aliphatic heterocycles. The van der Waals surface area contributed by atoms with Gasteiger partial charge in [0, 0.05) is 4.47 Å². The highest BCUT2D eigenvalue weighted by atomic mass is 79.9. The van der Waals surface area contributed by atoms with Crippen molar-refractivity contribution in [1.29, 1.82) is 0 Å². The Morgan fingerprint density at radius 1 is 1.24 bits per heavy atom. The molecule has 1 aliphatic rings. The van der Waals surface area contributed by atoms with Crippen LogP contribution in [0.15, 0.2) is 57.7 Å². The second-order valence-electron chi connectivity index (χ2n) is 5.70. The second kappa shape index (κ2) is 7.05. The van der Waals surface area contributed by atoms with Crippen molar-refractivity contribution < 1.29 is 9.21 Å². The smallest absolute Gasteiger partial charge is 0.234 e. The van der Waals surface area contributed by atoms with Crippen LogP contribution in [0.1, 0.15) is 22.4 Å². The molecule has 6 nitrogen and oxygen atoms in total. The number of thioether (sulfide) groups is 1. The van der Waals surface area contributed by atoms with E-state index in [1.54, 1.807) is 27.6 Å². The van der Waals surface area contributed by atoms with Crippen molar-refractivity contribution in [3.8, 4) is 0 Å². The maximum atomic E-state index is 12.2. The molecule has 3 heterocycles. The quantitative estimate of drug-likeness (QED) is 0.634. The van der Waals surface area contributed by atoms with E-state index in [2.05, 4.69) is 26.2 Å². The topological polar surface area (TPSA) is 64.2 Å². The normalized spacial score (nSPS) is 17.4. The van der Waals surface area contributed by atoms with Gasteiger partial charge >= 0.3 is 0 Å². The summed E-state index contributed by atoms with van der Waals surface area (Å²) in [6.45, 7) is 1.07. The van der Waals surface area contributed by atoms with Crippen molar-refractivity contribution in [2.75, 3.05) is 5.75 Å². The van der Waals surface area contributed by atoms with E-state index in [9.17, 15) is 4.79 Å². The number of hydrogen-bond acceptors (Lipinski definition) is 5. The van der Waals surface area contributed by atoms with Crippen molar-refractivity contribution in [3.05, 3.63) is 70.3 Å². The van der Waals surface area contributed by atoms with Crippen LogP contribution in [0, 0.1) is 0 Å². The summed E-state index contributed by atoms with van der Waals surface area (Å²) in [5, 5.41) is 8.38. The molecule has 3 aromatic rings. The number of furan rings is 1. The number of hydrogen-bond donors (Lipinski definition) is 0. The van der Waals surface area contributed by atoms with E-state index in [4.69, 9.17) is 4.42 Å². The number of carbonyl (C=O) groups is 1. The first-order chi connectivity index (χ1) is 12.2. The predicted octanol–water partition coefficient (Wildman–Crippen LogP) is 3.46. The van der Waals surface area contributed by atoms with Crippen LogP contribution in [-0.4, -0.2) is 31.6 Å². The first-order valence-electron chi connectivity index (χ1n) is 7.77. The van der Waals surface area contributed by atoms with E-state index in [1.807, 2.05) is 42.6 Å². The zero-order valence-corrected chi connectivity index (χ0v) is 15.6. The summed E-state index contributed by atoms with van der Waals surface area (Å²) in [5.41, 5.74) is 1.91. The van der Waals surface area contributed by atoms with Gasteiger partial charge in [0.05, 0.1) is 31.3 Å². The molecule has 0 saturated carbocycles. The number of halogens is 1. The maximum absolute atomic E-state index is 12.2. The summed E-state index contributed by atoms with van der Waals surface area (Å²) >= 11 is 5.11. The van der Waals surface area contributed by atoms with Gasteiger partial charge in [-0.1, -0.05) is 39.3 Å². The molecule has 25 heavy (non-hydrogen) atoms. The molecule has 0 bridgehead atoms. The van der Waals surface area contributed by atoms with Crippen molar-refractivity contribution in [2.24, 2.45) is 0 Å². The van der Waals surface area contributed by atoms with Gasteiger partial charge in [-0.3, -0.25) is 4.79 Å². The average Bonchev–Trinajstić information content (AvgIpc) is 3.34. The molecule has 1 fully saturated rings. The number of benzene rings is 1. The third-order valence-corrected chi connectivity index (χ3v) is 5.97. The average molecular weight is 419 g/mol. The van der Waals surface area contributed by atoms with Gasteiger partial charge < -0.3 is 9.32 Å². The van der Waals surface area contributed by atoms with E-state index >= 15 is 0 Å². The van der Waals surface area contributed by atoms with Gasteiger partial charge in [0.2, 0.25) is 5.91 Å². The molecule has 1 atom stereocenters. The van der Waals surface area contributed by atoms with Gasteiger partial charge in [0.15, 0.2) is 0 Å². The molecule has 2 aromatic heterocycles. The SMILES string of the molecule is O=C1CS[C@@H](c2cn(Cc3ccccc3Br)nn2)N1Cc1ccco1. The minimum absolute atomic E-state index is 0.0896. The fourth-order valence-electron chi connectivity index (χ4n) is 2.75. The van der Waals surface area contributed by atoms with Crippen LogP contribution in [0.3, 0.4) is 0 Å². The zero-order chi connectivity index (χ0) is 17.2. The maximum Gasteiger partial charge on any atom is 0.234 e. The number of amides is 1. The summed E-state index contributed by atoms with van der Waals surface area (Å²) in [6, 6.07) is 11.7. The van der Waals surface area contributed by atoms with E-state index in [1.165, 1.54) is 0 Å². The Kier molecular flexibility index (Phi) is 4.63. The lowest BCUT2D eigenvalue weighted by atomic mass is 10.2. The molecule has 0 N–H and O–H groups in total. The Bertz CT molecular complexity index is 880. The van der Waals surface area contributed by atoms with E-state index in [0.29, 0.717) is 18.8 Å². The van der Waals surface area contributed by atoms with Crippen molar-refractivity contribution in [1.82, 2.24) is 19.9 Å². The molecule has 1 saturated heterocycles. The van der Waals surface area contributed by atoms with Gasteiger partial charge in [-0.25, -0.2) is 4.68 Å². The number of rotatable bonds is 5. The monoisotopic (exact) mass is 418 g/mol. The molecule has 0 spiro atoms. The summed E-state index contributed by atoms with van der Waals surface area (Å²) in [5.74, 6) is 1.30. The largest absolute Gasteiger partial charge is 0.467 e. The molecule has 4 rings (SSSR count). The molecule has 1 aromatic carbocycles. The Morgan fingerprint density at radius 3 is 2.92 bits per heavy atom. The fourth-order valence-corrected chi connectivity index (χ4v) is 4.27. The molecule has 0 radical (unpaired) electrons. The standard InChI is InChI=1S/C17H15BrN4O2S/c18-14-6-2-1-4-12(14)8-21-10-15(19-20-21)17-22(16(23)11-25-17)9-13-5-3-7-24-13/h1-7,10,17H,8-9,11H2/t17-/m0/s1. The van der Waals surface area contributed by atoms with E-state index in [0.717, 1.165) is 21.5 Å². The Morgan fingerprint density at radius 2 is 2.12 bits per heavy atom. The van der Waals surface area contributed by atoms with Crippen molar-refractivity contribution in [3.63, 3.8) is 0 Å². The van der Waals surface area contributed by atoms with Crippen LogP contribution in [0.2, 0.25) is 0 Å². The van der Waals surface area contributed by atoms with Crippen LogP contribution in [0.25, 0.3) is 0 Å². The lowest BCUT2D eigenvalue weighted by Crippen LogP contribution is -2.27. The van der Waals surface area contributed by atoms with Crippen LogP contribution in [0.4, 0.5) is 0 Å². The summed E-state index contributed by atoms with van der Waals surface area (Å²) in [6.07, 6.45) is 3.52. The molecule has 0 unspecified atom stereocenters. The van der Waals surface area contributed by atoms with E-state index in [-0.39, 0.29) is 11.3 Å². The lowest BCUT2D eigenvalue weighted by molar-refractivity contribution is -0.128. The lowest BCUT2D eigenvalue weighted by Gasteiger charge is -2.20. The fraction of sp³-hybridized carbons (Fsp3) is 0.235. The van der Waals surface area contributed by atoms with Crippen molar-refractivity contribution in [2.45, 2.75) is 18.5 Å². The Hall–Kier alpha value is -2.06. The summed E-state index contributed by atoms with van der Waals surface area (Å²) < 4.78 is 8.21. The molecule has 1 amide bonds. The Labute approximate surface area is 157 Å². The summed E-state index contributed by atoms with van der Waals surface area (Å²) in [7, 11) is 0. The number of nitrogens with zero attached hydrogens (tertiary/aromatic N) is 4. The van der Waals surface area contributed by atoms with Crippen molar-refractivity contribution >= 4 is 33.6 Å². The molecular weight excluding hydrogens is 404 g/mol. The van der Waals surface area contributed by atoms with Crippen LogP contribution >= 0.6 is 27.7 Å².